The molecule has 1 aromatic rings. The molecule has 0 amide bonds. The predicted molar refractivity (Wildman–Crippen MR) is 46.2 cm³/mol. The van der Waals surface area contributed by atoms with Crippen molar-refractivity contribution in [2.45, 2.75) is 0 Å². The van der Waals surface area contributed by atoms with E-state index < -0.39 is 0 Å². The molecule has 0 radical (unpaired) electrons. The van der Waals surface area contributed by atoms with Crippen LogP contribution in [0.5, 0.6) is 0 Å². The van der Waals surface area contributed by atoms with Gasteiger partial charge in [-0.1, -0.05) is 6.58 Å². The van der Waals surface area contributed by atoms with Gasteiger partial charge in [-0.2, -0.15) is 0 Å². The number of hydrogen-bond donors (Lipinski definition) is 0. The molecule has 0 saturated heterocycles. The minimum absolute atomic E-state index is 0.403. The van der Waals surface area contributed by atoms with Gasteiger partial charge in [0, 0.05) is 5.57 Å². The first-order chi connectivity index (χ1) is 4.74. The van der Waals surface area contributed by atoms with Gasteiger partial charge in [0.15, 0.2) is 0 Å². The lowest BCUT2D eigenvalue weighted by Crippen LogP contribution is -1.77. The average Bonchev–Trinajstić information content (AvgIpc) is 2.34. The van der Waals surface area contributed by atoms with Gasteiger partial charge in [0.1, 0.15) is 12.0 Å². The molecule has 0 aliphatic heterocycles. The highest BCUT2D eigenvalue weighted by Crippen LogP contribution is 2.20. The molecule has 0 atom stereocenters. The van der Waals surface area contributed by atoms with E-state index in [1.54, 1.807) is 6.26 Å². The van der Waals surface area contributed by atoms with Gasteiger partial charge < -0.3 is 4.42 Å². The smallest absolute Gasteiger partial charge is 0.131 e. The van der Waals surface area contributed by atoms with Crippen molar-refractivity contribution < 1.29 is 4.42 Å². The summed E-state index contributed by atoms with van der Waals surface area (Å²) in [5.41, 5.74) is 0.798. The van der Waals surface area contributed by atoms with Crippen LogP contribution in [0.1, 0.15) is 5.76 Å². The summed E-state index contributed by atoms with van der Waals surface area (Å²) in [5, 5.41) is 0. The second-order valence-electron chi connectivity index (χ2n) is 1.87. The van der Waals surface area contributed by atoms with Crippen LogP contribution in [0.15, 0.2) is 27.8 Å². The predicted octanol–water partition coefficient (Wildman–Crippen LogP) is 3.29. The van der Waals surface area contributed by atoms with E-state index in [9.17, 15) is 0 Å². The van der Waals surface area contributed by atoms with E-state index in [4.69, 9.17) is 16.0 Å². The van der Waals surface area contributed by atoms with Gasteiger partial charge in [0.25, 0.3) is 0 Å². The zero-order valence-corrected chi connectivity index (χ0v) is 7.58. The van der Waals surface area contributed by atoms with E-state index in [0.717, 1.165) is 15.8 Å². The molecule has 0 fully saturated rings. The molecule has 0 aromatic carbocycles. The zero-order chi connectivity index (χ0) is 7.56. The summed E-state index contributed by atoms with van der Waals surface area (Å²) in [6, 6.07) is 1.84. The Kier molecular flexibility index (Phi) is 2.57. The highest BCUT2D eigenvalue weighted by molar-refractivity contribution is 9.10. The van der Waals surface area contributed by atoms with Gasteiger partial charge in [0.05, 0.1) is 10.4 Å². The Balaban J connectivity index is 2.85. The third-order valence-electron chi connectivity index (χ3n) is 1.08. The third-order valence-corrected chi connectivity index (χ3v) is 1.82. The van der Waals surface area contributed by atoms with E-state index in [1.165, 1.54) is 0 Å². The summed E-state index contributed by atoms with van der Waals surface area (Å²) < 4.78 is 6.00. The average molecular weight is 221 g/mol. The fraction of sp³-hybridized carbons (Fsp3) is 0.143. The number of hydrogen-bond acceptors (Lipinski definition) is 1. The molecule has 1 rings (SSSR count). The quantitative estimate of drug-likeness (QED) is 0.699. The van der Waals surface area contributed by atoms with Crippen molar-refractivity contribution in [3.63, 3.8) is 0 Å². The summed E-state index contributed by atoms with van der Waals surface area (Å²) in [5.74, 6) is 1.14. The molecule has 1 aromatic heterocycles. The van der Waals surface area contributed by atoms with Crippen LogP contribution in [0.4, 0.5) is 0 Å². The number of rotatable bonds is 2. The maximum absolute atomic E-state index is 5.52. The van der Waals surface area contributed by atoms with Gasteiger partial charge in [-0.15, -0.1) is 11.6 Å². The molecule has 0 N–H and O–H groups in total. The Morgan fingerprint density at radius 3 is 2.90 bits per heavy atom. The first kappa shape index (κ1) is 7.89. The zero-order valence-electron chi connectivity index (χ0n) is 5.23. The van der Waals surface area contributed by atoms with Crippen LogP contribution in [-0.4, -0.2) is 5.88 Å². The Bertz CT molecular complexity index is 242. The molecule has 1 heterocycles. The lowest BCUT2D eigenvalue weighted by Gasteiger charge is -1.91. The maximum Gasteiger partial charge on any atom is 0.131 e. The Labute approximate surface area is 72.8 Å². The molecular weight excluding hydrogens is 215 g/mol. The van der Waals surface area contributed by atoms with Crippen molar-refractivity contribution in [3.05, 3.63) is 29.1 Å². The van der Waals surface area contributed by atoms with E-state index >= 15 is 0 Å². The third kappa shape index (κ3) is 1.64. The monoisotopic (exact) mass is 220 g/mol. The summed E-state index contributed by atoms with van der Waals surface area (Å²) in [6.07, 6.45) is 1.60. The number of furan rings is 1. The number of alkyl halides is 1. The van der Waals surface area contributed by atoms with Gasteiger partial charge in [0.2, 0.25) is 0 Å². The van der Waals surface area contributed by atoms with Crippen LogP contribution in [-0.2, 0) is 0 Å². The topological polar surface area (TPSA) is 13.1 Å². The van der Waals surface area contributed by atoms with Crippen molar-refractivity contribution in [2.24, 2.45) is 0 Å². The minimum atomic E-state index is 0.403. The van der Waals surface area contributed by atoms with E-state index in [1.807, 2.05) is 6.07 Å². The number of halogens is 2. The van der Waals surface area contributed by atoms with Crippen molar-refractivity contribution in [3.8, 4) is 0 Å². The Morgan fingerprint density at radius 1 is 1.80 bits per heavy atom. The van der Waals surface area contributed by atoms with Crippen molar-refractivity contribution in [2.75, 3.05) is 5.88 Å². The first-order valence-corrected chi connectivity index (χ1v) is 4.05. The second-order valence-corrected chi connectivity index (χ2v) is 3.05. The fourth-order valence-electron chi connectivity index (χ4n) is 0.564. The van der Waals surface area contributed by atoms with Gasteiger partial charge >= 0.3 is 0 Å². The van der Waals surface area contributed by atoms with E-state index in [0.29, 0.717) is 5.88 Å². The largest absolute Gasteiger partial charge is 0.463 e. The molecule has 3 heteroatoms. The Morgan fingerprint density at radius 2 is 2.50 bits per heavy atom. The lowest BCUT2D eigenvalue weighted by atomic mass is 10.3. The maximum atomic E-state index is 5.52. The molecule has 0 spiro atoms. The van der Waals surface area contributed by atoms with Gasteiger partial charge in [-0.25, -0.2) is 0 Å². The van der Waals surface area contributed by atoms with Crippen molar-refractivity contribution >= 4 is 33.1 Å². The van der Waals surface area contributed by atoms with E-state index in [2.05, 4.69) is 22.5 Å². The normalized spacial score (nSPS) is 9.80. The second kappa shape index (κ2) is 3.26. The molecule has 0 saturated carbocycles. The molecule has 1 nitrogen and oxygen atoms in total. The number of allylic oxidation sites excluding steroid dienone is 1. The van der Waals surface area contributed by atoms with Crippen LogP contribution in [0.25, 0.3) is 5.57 Å². The highest BCUT2D eigenvalue weighted by atomic mass is 79.9. The van der Waals surface area contributed by atoms with E-state index in [-0.39, 0.29) is 0 Å². The molecule has 0 aliphatic carbocycles. The summed E-state index contributed by atoms with van der Waals surface area (Å²) >= 11 is 8.77. The van der Waals surface area contributed by atoms with Crippen LogP contribution in [0.2, 0.25) is 0 Å². The fourth-order valence-corrected chi connectivity index (χ4v) is 0.997. The van der Waals surface area contributed by atoms with Gasteiger partial charge in [-0.3, -0.25) is 0 Å². The first-order valence-electron chi connectivity index (χ1n) is 2.72. The van der Waals surface area contributed by atoms with Crippen molar-refractivity contribution in [1.82, 2.24) is 0 Å². The van der Waals surface area contributed by atoms with Gasteiger partial charge in [-0.05, 0) is 22.0 Å². The summed E-state index contributed by atoms with van der Waals surface area (Å²) in [7, 11) is 0. The van der Waals surface area contributed by atoms with Crippen LogP contribution < -0.4 is 0 Å². The minimum Gasteiger partial charge on any atom is -0.463 e. The van der Waals surface area contributed by atoms with Crippen LogP contribution >= 0.6 is 27.5 Å². The highest BCUT2D eigenvalue weighted by Gasteiger charge is 2.01. The molecular formula is C7H6BrClO. The molecule has 0 aliphatic rings. The molecule has 0 bridgehead atoms. The molecule has 0 unspecified atom stereocenters. The van der Waals surface area contributed by atoms with Crippen LogP contribution in [0, 0.1) is 0 Å². The van der Waals surface area contributed by atoms with Crippen molar-refractivity contribution in [1.29, 1.82) is 0 Å². The molecule has 10 heavy (non-hydrogen) atoms. The Hall–Kier alpha value is -0.210. The standard InChI is InChI=1S/C7H6BrClO/c1-5(3-9)7-2-6(8)4-10-7/h2,4H,1,3H2. The summed E-state index contributed by atoms with van der Waals surface area (Å²) in [4.78, 5) is 0. The lowest BCUT2D eigenvalue weighted by molar-refractivity contribution is 0.552. The van der Waals surface area contributed by atoms with Crippen LogP contribution in [0.3, 0.4) is 0 Å². The summed E-state index contributed by atoms with van der Waals surface area (Å²) in [6.45, 7) is 3.71. The molecule has 54 valence electrons. The SMILES string of the molecule is C=C(CCl)c1cc(Br)co1.